The van der Waals surface area contributed by atoms with Gasteiger partial charge in [0.1, 0.15) is 0 Å². The maximum absolute atomic E-state index is 9.21. The molecule has 10 nitrogen and oxygen atoms in total. The van der Waals surface area contributed by atoms with E-state index in [2.05, 4.69) is 9.47 Å². The molecule has 0 aliphatic carbocycles. The van der Waals surface area contributed by atoms with Crippen LogP contribution in [0.3, 0.4) is 0 Å². The number of carboxylic acid groups (broad SMARTS) is 4. The molecule has 0 bridgehead atoms. The van der Waals surface area contributed by atoms with Crippen LogP contribution in [0.15, 0.2) is 0 Å². The lowest BCUT2D eigenvalue weighted by atomic mass is 11.3. The van der Waals surface area contributed by atoms with Gasteiger partial charge < -0.3 is 29.9 Å². The van der Waals surface area contributed by atoms with Crippen molar-refractivity contribution in [1.29, 1.82) is 0 Å². The summed E-state index contributed by atoms with van der Waals surface area (Å²) >= 11 is 0. The van der Waals surface area contributed by atoms with E-state index in [-0.39, 0.29) is 12.4 Å². The predicted molar refractivity (Wildman–Crippen MR) is 41.5 cm³/mol. The van der Waals surface area contributed by atoms with Gasteiger partial charge in [0.05, 0.1) is 0 Å². The van der Waals surface area contributed by atoms with E-state index in [1.165, 1.54) is 0 Å². The van der Waals surface area contributed by atoms with Gasteiger partial charge in [-0.1, -0.05) is 0 Å². The van der Waals surface area contributed by atoms with E-state index in [4.69, 9.17) is 20.4 Å². The van der Waals surface area contributed by atoms with Crippen LogP contribution in [-0.2, 0) is 9.47 Å². The lowest BCUT2D eigenvalue weighted by molar-refractivity contribution is 0.0776. The lowest BCUT2D eigenvalue weighted by Gasteiger charge is -1.84. The monoisotopic (exact) mass is 248 g/mol. The van der Waals surface area contributed by atoms with Crippen molar-refractivity contribution in [2.45, 2.75) is 0 Å². The molecule has 0 aromatic carbocycles. The third-order valence-electron chi connectivity index (χ3n) is 0.349. The van der Waals surface area contributed by atoms with Gasteiger partial charge in [0.25, 0.3) is 0 Å². The van der Waals surface area contributed by atoms with Gasteiger partial charge in [-0.15, -0.1) is 12.4 Å². The highest BCUT2D eigenvalue weighted by Crippen LogP contribution is 1.74. The Labute approximate surface area is 87.0 Å². The van der Waals surface area contributed by atoms with Crippen molar-refractivity contribution in [3.05, 3.63) is 0 Å². The largest absolute Gasteiger partial charge is 0.516 e. The fourth-order valence-electron chi connectivity index (χ4n) is 0.149. The highest BCUT2D eigenvalue weighted by atomic mass is 35.5. The molecule has 0 fully saturated rings. The second-order valence-corrected chi connectivity index (χ2v) is 1.27. The van der Waals surface area contributed by atoms with Crippen LogP contribution >= 0.6 is 12.4 Å². The van der Waals surface area contributed by atoms with Gasteiger partial charge in [0.15, 0.2) is 0 Å². The average Bonchev–Trinajstić information content (AvgIpc) is 1.79. The second kappa shape index (κ2) is 9.85. The van der Waals surface area contributed by atoms with E-state index >= 15 is 0 Å². The topological polar surface area (TPSA) is 168 Å². The molecular formula is C4H5ClO10. The third kappa shape index (κ3) is 33.7. The van der Waals surface area contributed by atoms with E-state index in [0.29, 0.717) is 0 Å². The summed E-state index contributed by atoms with van der Waals surface area (Å²) in [5.74, 6) is 0. The molecule has 0 aromatic heterocycles. The molecule has 0 atom stereocenters. The number of ether oxygens (including phenoxy) is 2. The first kappa shape index (κ1) is 18.5. The van der Waals surface area contributed by atoms with Gasteiger partial charge >= 0.3 is 24.6 Å². The second-order valence-electron chi connectivity index (χ2n) is 1.27. The zero-order valence-corrected chi connectivity index (χ0v) is 7.46. The van der Waals surface area contributed by atoms with Crippen LogP contribution in [-0.4, -0.2) is 45.0 Å². The molecule has 0 unspecified atom stereocenters. The van der Waals surface area contributed by atoms with Gasteiger partial charge in [-0.25, -0.2) is 19.2 Å². The lowest BCUT2D eigenvalue weighted by Crippen LogP contribution is -2.05. The molecule has 0 heterocycles. The van der Waals surface area contributed by atoms with E-state index in [0.717, 1.165) is 0 Å². The number of halogens is 1. The minimum Gasteiger partial charge on any atom is -0.449 e. The molecule has 15 heavy (non-hydrogen) atoms. The average molecular weight is 249 g/mol. The van der Waals surface area contributed by atoms with Crippen LogP contribution in [0.5, 0.6) is 0 Å². The molecule has 88 valence electrons. The van der Waals surface area contributed by atoms with Crippen molar-refractivity contribution in [3.63, 3.8) is 0 Å². The summed E-state index contributed by atoms with van der Waals surface area (Å²) in [6.45, 7) is 0. The maximum atomic E-state index is 9.21. The van der Waals surface area contributed by atoms with Crippen LogP contribution < -0.4 is 0 Å². The van der Waals surface area contributed by atoms with Crippen molar-refractivity contribution in [2.75, 3.05) is 0 Å². The minimum absolute atomic E-state index is 0. The molecule has 11 heteroatoms. The fourth-order valence-corrected chi connectivity index (χ4v) is 0.149. The Morgan fingerprint density at radius 1 is 0.600 bits per heavy atom. The number of hydrogen-bond acceptors (Lipinski definition) is 6. The summed E-state index contributed by atoms with van der Waals surface area (Å²) in [5, 5.41) is 29.9. The van der Waals surface area contributed by atoms with Gasteiger partial charge in [-0.05, 0) is 0 Å². The van der Waals surface area contributed by atoms with Crippen molar-refractivity contribution in [2.24, 2.45) is 0 Å². The summed E-state index contributed by atoms with van der Waals surface area (Å²) in [5.41, 5.74) is 0. The fraction of sp³-hybridized carbons (Fsp3) is 0. The Morgan fingerprint density at radius 2 is 0.733 bits per heavy atom. The Kier molecular flexibility index (Phi) is 12.2. The predicted octanol–water partition coefficient (Wildman–Crippen LogP) is 1.14. The Balaban J connectivity index is -0.000000180. The molecule has 0 saturated heterocycles. The quantitative estimate of drug-likeness (QED) is 0.360. The number of hydrogen-bond donors (Lipinski definition) is 4. The molecule has 0 aliphatic heterocycles. The van der Waals surface area contributed by atoms with E-state index in [9.17, 15) is 19.2 Å². The smallest absolute Gasteiger partial charge is 0.449 e. The number of carbonyl (C=O) groups is 4. The van der Waals surface area contributed by atoms with Gasteiger partial charge in [0.2, 0.25) is 0 Å². The van der Waals surface area contributed by atoms with Gasteiger partial charge in [-0.2, -0.15) is 0 Å². The maximum Gasteiger partial charge on any atom is 0.516 e. The molecule has 0 radical (unpaired) electrons. The van der Waals surface area contributed by atoms with E-state index < -0.39 is 24.6 Å². The molecule has 0 aromatic rings. The van der Waals surface area contributed by atoms with Crippen LogP contribution in [0.2, 0.25) is 0 Å². The zero-order chi connectivity index (χ0) is 11.7. The highest BCUT2D eigenvalue weighted by Gasteiger charge is 2.01. The summed E-state index contributed by atoms with van der Waals surface area (Å²) in [4.78, 5) is 36.8. The van der Waals surface area contributed by atoms with Crippen LogP contribution in [0.25, 0.3) is 0 Å². The summed E-state index contributed by atoms with van der Waals surface area (Å²) in [6, 6.07) is 0. The van der Waals surface area contributed by atoms with Gasteiger partial charge in [0, 0.05) is 0 Å². The van der Waals surface area contributed by atoms with Crippen LogP contribution in [0.1, 0.15) is 0 Å². The molecule has 0 amide bonds. The summed E-state index contributed by atoms with van der Waals surface area (Å²) < 4.78 is 6.17. The Hall–Kier alpha value is -2.23. The Morgan fingerprint density at radius 3 is 0.733 bits per heavy atom. The first-order chi connectivity index (χ1) is 6.25. The van der Waals surface area contributed by atoms with Crippen molar-refractivity contribution in [1.82, 2.24) is 0 Å². The van der Waals surface area contributed by atoms with Crippen LogP contribution in [0, 0.1) is 0 Å². The molecule has 0 spiro atoms. The van der Waals surface area contributed by atoms with E-state index in [1.54, 1.807) is 0 Å². The minimum atomic E-state index is -1.81. The standard InChI is InChI=1S/2C2H2O5.ClH/c2*3-1(4)7-2(5)6;/h2*(H,3,4)(H,5,6);1H. The third-order valence-corrected chi connectivity index (χ3v) is 0.349. The molecule has 0 saturated carbocycles. The summed E-state index contributed by atoms with van der Waals surface area (Å²) in [6.07, 6.45) is -7.25. The van der Waals surface area contributed by atoms with Gasteiger partial charge in [-0.3, -0.25) is 0 Å². The molecule has 0 rings (SSSR count). The highest BCUT2D eigenvalue weighted by molar-refractivity contribution is 5.85. The zero-order valence-electron chi connectivity index (χ0n) is 6.65. The van der Waals surface area contributed by atoms with Crippen LogP contribution in [0.4, 0.5) is 19.2 Å². The van der Waals surface area contributed by atoms with Crippen molar-refractivity contribution < 1.29 is 49.1 Å². The number of rotatable bonds is 0. The molecular weight excluding hydrogens is 243 g/mol. The first-order valence-electron chi connectivity index (χ1n) is 2.53. The molecule has 4 N–H and O–H groups in total. The van der Waals surface area contributed by atoms with E-state index in [1.807, 2.05) is 0 Å². The molecule has 0 aliphatic rings. The Bertz CT molecular complexity index is 196. The summed E-state index contributed by atoms with van der Waals surface area (Å²) in [7, 11) is 0. The normalized spacial score (nSPS) is 6.93. The van der Waals surface area contributed by atoms with Crippen molar-refractivity contribution in [3.8, 4) is 0 Å². The SMILES string of the molecule is Cl.O=C(O)OC(=O)O.O=C(O)OC(=O)O. The van der Waals surface area contributed by atoms with Crippen molar-refractivity contribution >= 4 is 37.0 Å². The first-order valence-corrected chi connectivity index (χ1v) is 2.53.